The third kappa shape index (κ3) is 4.13. The fraction of sp³-hybridized carbons (Fsp3) is 0.0435. The van der Waals surface area contributed by atoms with Crippen LogP contribution in [0.2, 0.25) is 0 Å². The lowest BCUT2D eigenvalue weighted by atomic mass is 10.1. The molecule has 0 radical (unpaired) electrons. The summed E-state index contributed by atoms with van der Waals surface area (Å²) in [6, 6.07) is 16.6. The molecule has 8 heteroatoms. The Hall–Kier alpha value is -4.46. The van der Waals surface area contributed by atoms with E-state index in [9.17, 15) is 19.7 Å². The van der Waals surface area contributed by atoms with Gasteiger partial charge in [0.15, 0.2) is 5.76 Å². The molecule has 0 amide bonds. The number of nitrogens with zero attached hydrogens (tertiary/aromatic N) is 1. The molecule has 1 heterocycles. The highest BCUT2D eigenvalue weighted by Gasteiger charge is 2.27. The molecule has 0 N–H and O–H groups in total. The van der Waals surface area contributed by atoms with Gasteiger partial charge >= 0.3 is 5.97 Å². The van der Waals surface area contributed by atoms with Gasteiger partial charge in [-0.25, -0.2) is 4.79 Å². The summed E-state index contributed by atoms with van der Waals surface area (Å²) < 4.78 is 16.1. The van der Waals surface area contributed by atoms with Gasteiger partial charge in [0, 0.05) is 18.2 Å². The Morgan fingerprint density at radius 2 is 1.81 bits per heavy atom. The SMILES string of the molecule is COc1ccc2c(c1)O/C(=C\c1cccc(OC(=O)c3ccc([N+](=O)[O-])cc3)c1)C2=O. The molecule has 0 aromatic heterocycles. The van der Waals surface area contributed by atoms with E-state index in [-0.39, 0.29) is 28.5 Å². The number of rotatable bonds is 5. The number of esters is 1. The molecule has 0 saturated heterocycles. The molecule has 4 rings (SSSR count). The number of nitro benzene ring substituents is 1. The molecule has 1 aliphatic heterocycles. The Labute approximate surface area is 176 Å². The molecule has 3 aromatic rings. The molecule has 0 bridgehead atoms. The standard InChI is InChI=1S/C23H15NO7/c1-29-17-9-10-19-20(13-17)31-21(22(19)25)12-14-3-2-4-18(11-14)30-23(26)15-5-7-16(8-6-15)24(27)28/h2-13H,1H3/b21-12-. The minimum atomic E-state index is -0.660. The van der Waals surface area contributed by atoms with Crippen molar-refractivity contribution in [2.24, 2.45) is 0 Å². The van der Waals surface area contributed by atoms with Crippen LogP contribution in [0.3, 0.4) is 0 Å². The Balaban J connectivity index is 1.51. The number of nitro groups is 1. The van der Waals surface area contributed by atoms with Crippen LogP contribution >= 0.6 is 0 Å². The number of methoxy groups -OCH3 is 1. The lowest BCUT2D eigenvalue weighted by Gasteiger charge is -2.05. The van der Waals surface area contributed by atoms with Crippen LogP contribution in [0.25, 0.3) is 6.08 Å². The van der Waals surface area contributed by atoms with Gasteiger partial charge in [-0.1, -0.05) is 12.1 Å². The second kappa shape index (κ2) is 8.11. The van der Waals surface area contributed by atoms with E-state index in [0.29, 0.717) is 22.6 Å². The third-order valence-electron chi connectivity index (χ3n) is 4.56. The number of ketones is 1. The van der Waals surface area contributed by atoms with Crippen molar-refractivity contribution in [3.63, 3.8) is 0 Å². The maximum atomic E-state index is 12.6. The number of ether oxygens (including phenoxy) is 3. The molecule has 8 nitrogen and oxygen atoms in total. The predicted molar refractivity (Wildman–Crippen MR) is 110 cm³/mol. The fourth-order valence-corrected chi connectivity index (χ4v) is 3.00. The number of carbonyl (C=O) groups excluding carboxylic acids is 2. The Morgan fingerprint density at radius 1 is 1.03 bits per heavy atom. The van der Waals surface area contributed by atoms with Gasteiger partial charge in [-0.15, -0.1) is 0 Å². The summed E-state index contributed by atoms with van der Waals surface area (Å²) in [7, 11) is 1.53. The summed E-state index contributed by atoms with van der Waals surface area (Å²) in [5.74, 6) is 0.465. The van der Waals surface area contributed by atoms with Crippen molar-refractivity contribution in [3.8, 4) is 17.2 Å². The highest BCUT2D eigenvalue weighted by molar-refractivity contribution is 6.14. The van der Waals surface area contributed by atoms with Gasteiger partial charge in [-0.2, -0.15) is 0 Å². The highest BCUT2D eigenvalue weighted by atomic mass is 16.6. The minimum Gasteiger partial charge on any atom is -0.497 e. The second-order valence-electron chi connectivity index (χ2n) is 6.57. The highest BCUT2D eigenvalue weighted by Crippen LogP contribution is 2.35. The Bertz CT molecular complexity index is 1230. The summed E-state index contributed by atoms with van der Waals surface area (Å²) in [6.45, 7) is 0. The van der Waals surface area contributed by atoms with E-state index < -0.39 is 10.9 Å². The third-order valence-corrected chi connectivity index (χ3v) is 4.56. The predicted octanol–water partition coefficient (Wildman–Crippen LogP) is 4.44. The first kappa shape index (κ1) is 19.8. The zero-order valence-electron chi connectivity index (χ0n) is 16.2. The molecule has 3 aromatic carbocycles. The lowest BCUT2D eigenvalue weighted by molar-refractivity contribution is -0.384. The summed E-state index contributed by atoms with van der Waals surface area (Å²) >= 11 is 0. The van der Waals surface area contributed by atoms with Crippen LogP contribution in [-0.2, 0) is 0 Å². The number of hydrogen-bond donors (Lipinski definition) is 0. The van der Waals surface area contributed by atoms with Crippen molar-refractivity contribution < 1.29 is 28.7 Å². The largest absolute Gasteiger partial charge is 0.497 e. The first-order valence-corrected chi connectivity index (χ1v) is 9.13. The topological polar surface area (TPSA) is 105 Å². The second-order valence-corrected chi connectivity index (χ2v) is 6.57. The van der Waals surface area contributed by atoms with Crippen LogP contribution in [0.15, 0.2) is 72.5 Å². The summed E-state index contributed by atoms with van der Waals surface area (Å²) in [5, 5.41) is 10.7. The Morgan fingerprint density at radius 3 is 2.52 bits per heavy atom. The number of non-ortho nitro benzene ring substituents is 1. The number of carbonyl (C=O) groups is 2. The fourth-order valence-electron chi connectivity index (χ4n) is 3.00. The molecule has 1 aliphatic rings. The number of Topliss-reactive ketones (excluding diaryl/α,β-unsaturated/α-hetero) is 1. The number of fused-ring (bicyclic) bond motifs is 1. The number of benzene rings is 3. The van der Waals surface area contributed by atoms with Crippen molar-refractivity contribution in [1.82, 2.24) is 0 Å². The molecule has 0 fully saturated rings. The van der Waals surface area contributed by atoms with E-state index in [2.05, 4.69) is 0 Å². The van der Waals surface area contributed by atoms with E-state index in [1.54, 1.807) is 48.5 Å². The van der Waals surface area contributed by atoms with Crippen LogP contribution in [0.1, 0.15) is 26.3 Å². The summed E-state index contributed by atoms with van der Waals surface area (Å²) in [5.41, 5.74) is 1.09. The van der Waals surface area contributed by atoms with Crippen LogP contribution < -0.4 is 14.2 Å². The average molecular weight is 417 g/mol. The van der Waals surface area contributed by atoms with Gasteiger partial charge in [0.05, 0.1) is 23.2 Å². The maximum absolute atomic E-state index is 12.6. The zero-order valence-corrected chi connectivity index (χ0v) is 16.2. The molecule has 0 saturated carbocycles. The van der Waals surface area contributed by atoms with E-state index in [4.69, 9.17) is 14.2 Å². The first-order chi connectivity index (χ1) is 14.9. The lowest BCUT2D eigenvalue weighted by Crippen LogP contribution is -2.08. The molecule has 0 unspecified atom stereocenters. The summed E-state index contributed by atoms with van der Waals surface area (Å²) in [4.78, 5) is 35.0. The van der Waals surface area contributed by atoms with Crippen molar-refractivity contribution in [2.45, 2.75) is 0 Å². The number of hydrogen-bond acceptors (Lipinski definition) is 7. The van der Waals surface area contributed by atoms with Gasteiger partial charge in [0.1, 0.15) is 17.2 Å². The van der Waals surface area contributed by atoms with Crippen molar-refractivity contribution in [3.05, 3.63) is 99.3 Å². The summed E-state index contributed by atoms with van der Waals surface area (Å²) in [6.07, 6.45) is 1.55. The van der Waals surface area contributed by atoms with E-state index in [1.165, 1.54) is 31.4 Å². The molecule has 0 aliphatic carbocycles. The minimum absolute atomic E-state index is 0.120. The number of allylic oxidation sites excluding steroid dienone is 1. The van der Waals surface area contributed by atoms with Crippen molar-refractivity contribution in [2.75, 3.05) is 7.11 Å². The molecule has 31 heavy (non-hydrogen) atoms. The first-order valence-electron chi connectivity index (χ1n) is 9.13. The van der Waals surface area contributed by atoms with Crippen LogP contribution in [0.5, 0.6) is 17.2 Å². The molecular weight excluding hydrogens is 402 g/mol. The quantitative estimate of drug-likeness (QED) is 0.199. The average Bonchev–Trinajstić information content (AvgIpc) is 3.08. The Kier molecular flexibility index (Phi) is 5.19. The maximum Gasteiger partial charge on any atom is 0.343 e. The van der Waals surface area contributed by atoms with Crippen molar-refractivity contribution >= 4 is 23.5 Å². The van der Waals surface area contributed by atoms with Crippen molar-refractivity contribution in [1.29, 1.82) is 0 Å². The normalized spacial score (nSPS) is 13.5. The molecule has 0 spiro atoms. The molecule has 0 atom stereocenters. The van der Waals surface area contributed by atoms with Gasteiger partial charge in [-0.3, -0.25) is 14.9 Å². The van der Waals surface area contributed by atoms with Gasteiger partial charge < -0.3 is 14.2 Å². The van der Waals surface area contributed by atoms with Gasteiger partial charge in [-0.05, 0) is 48.0 Å². The molecule has 154 valence electrons. The zero-order chi connectivity index (χ0) is 22.0. The van der Waals surface area contributed by atoms with Crippen LogP contribution in [0, 0.1) is 10.1 Å². The molecular formula is C23H15NO7. The van der Waals surface area contributed by atoms with Crippen LogP contribution in [-0.4, -0.2) is 23.8 Å². The van der Waals surface area contributed by atoms with E-state index in [1.807, 2.05) is 0 Å². The smallest absolute Gasteiger partial charge is 0.343 e. The monoisotopic (exact) mass is 417 g/mol. The van der Waals surface area contributed by atoms with E-state index in [0.717, 1.165) is 0 Å². The van der Waals surface area contributed by atoms with E-state index >= 15 is 0 Å². The van der Waals surface area contributed by atoms with Gasteiger partial charge in [0.2, 0.25) is 5.78 Å². The van der Waals surface area contributed by atoms with Gasteiger partial charge in [0.25, 0.3) is 5.69 Å². The van der Waals surface area contributed by atoms with Crippen LogP contribution in [0.4, 0.5) is 5.69 Å².